The zero-order valence-corrected chi connectivity index (χ0v) is 11.4. The molecule has 2 aromatic rings. The van der Waals surface area contributed by atoms with Crippen molar-refractivity contribution in [1.29, 1.82) is 0 Å². The molecule has 0 saturated carbocycles. The number of rotatable bonds is 5. The molecule has 6 heteroatoms. The van der Waals surface area contributed by atoms with Crippen LogP contribution < -0.4 is 0 Å². The van der Waals surface area contributed by atoms with Crippen molar-refractivity contribution in [3.63, 3.8) is 0 Å². The molecule has 0 spiro atoms. The van der Waals surface area contributed by atoms with Gasteiger partial charge in [-0.05, 0) is 36.8 Å². The van der Waals surface area contributed by atoms with Gasteiger partial charge in [0.25, 0.3) is 0 Å². The van der Waals surface area contributed by atoms with E-state index in [1.807, 2.05) is 0 Å². The van der Waals surface area contributed by atoms with Gasteiger partial charge >= 0.3 is 0 Å². The number of aliphatic hydroxyl groups excluding tert-OH is 1. The molecule has 0 fully saturated rings. The number of hydrogen-bond donors (Lipinski definition) is 1. The van der Waals surface area contributed by atoms with Crippen LogP contribution >= 0.6 is 0 Å². The Morgan fingerprint density at radius 2 is 2.05 bits per heavy atom. The molecule has 0 saturated heterocycles. The highest BCUT2D eigenvalue weighted by molar-refractivity contribution is 6.11. The number of aromatic nitrogens is 1. The van der Waals surface area contributed by atoms with Gasteiger partial charge in [-0.25, -0.2) is 8.78 Å². The number of aliphatic hydroxyl groups is 1. The highest BCUT2D eigenvalue weighted by Crippen LogP contribution is 2.14. The van der Waals surface area contributed by atoms with Gasteiger partial charge in [0.1, 0.15) is 12.3 Å². The highest BCUT2D eigenvalue weighted by Gasteiger charge is 2.12. The lowest BCUT2D eigenvalue weighted by atomic mass is 10.1. The van der Waals surface area contributed by atoms with Crippen molar-refractivity contribution in [2.24, 2.45) is 5.16 Å². The van der Waals surface area contributed by atoms with Gasteiger partial charge in [-0.1, -0.05) is 11.2 Å². The van der Waals surface area contributed by atoms with Crippen LogP contribution in [0.1, 0.15) is 23.7 Å². The fraction of sp³-hybridized carbons (Fsp3) is 0.200. The number of halogens is 2. The number of pyridine rings is 1. The lowest BCUT2D eigenvalue weighted by Crippen LogP contribution is -2.08. The van der Waals surface area contributed by atoms with Crippen molar-refractivity contribution in [2.45, 2.75) is 13.5 Å². The van der Waals surface area contributed by atoms with Crippen LogP contribution in [0.3, 0.4) is 0 Å². The fourth-order valence-corrected chi connectivity index (χ4v) is 1.68. The van der Waals surface area contributed by atoms with Gasteiger partial charge in [-0.15, -0.1) is 0 Å². The second kappa shape index (κ2) is 6.90. The Hall–Kier alpha value is -2.34. The Balaban J connectivity index is 2.44. The molecule has 1 aromatic carbocycles. The van der Waals surface area contributed by atoms with Crippen molar-refractivity contribution < 1.29 is 18.7 Å². The van der Waals surface area contributed by atoms with E-state index in [0.29, 0.717) is 29.1 Å². The Bertz CT molecular complexity index is 643. The molecule has 0 aliphatic rings. The molecule has 2 rings (SSSR count). The van der Waals surface area contributed by atoms with Gasteiger partial charge in [-0.2, -0.15) is 0 Å². The molecule has 1 heterocycles. The molecule has 0 amide bonds. The topological polar surface area (TPSA) is 54.7 Å². The summed E-state index contributed by atoms with van der Waals surface area (Å²) in [6.45, 7) is 1.97. The van der Waals surface area contributed by atoms with Crippen LogP contribution in [0.4, 0.5) is 8.78 Å². The van der Waals surface area contributed by atoms with E-state index in [4.69, 9.17) is 9.94 Å². The van der Waals surface area contributed by atoms with Gasteiger partial charge < -0.3 is 9.94 Å². The van der Waals surface area contributed by atoms with Crippen molar-refractivity contribution in [3.8, 4) is 0 Å². The predicted octanol–water partition coefficient (Wildman–Crippen LogP) is 2.64. The number of nitrogens with zero attached hydrogens (tertiary/aromatic N) is 2. The molecule has 4 nitrogen and oxygen atoms in total. The Labute approximate surface area is 120 Å². The van der Waals surface area contributed by atoms with Crippen molar-refractivity contribution in [1.82, 2.24) is 4.98 Å². The number of hydrogen-bond acceptors (Lipinski definition) is 4. The molecule has 0 unspecified atom stereocenters. The largest absolute Gasteiger partial charge is 0.396 e. The summed E-state index contributed by atoms with van der Waals surface area (Å²) in [6, 6.07) is 6.76. The average Bonchev–Trinajstić information content (AvgIpc) is 2.51. The Morgan fingerprint density at radius 3 is 2.62 bits per heavy atom. The molecule has 0 aliphatic carbocycles. The van der Waals surface area contributed by atoms with E-state index >= 15 is 0 Å². The Kier molecular flexibility index (Phi) is 4.94. The van der Waals surface area contributed by atoms with Crippen LogP contribution in [0.2, 0.25) is 0 Å². The number of benzene rings is 1. The third-order valence-corrected chi connectivity index (χ3v) is 2.73. The van der Waals surface area contributed by atoms with Crippen LogP contribution in [-0.2, 0) is 11.4 Å². The van der Waals surface area contributed by atoms with Crippen LogP contribution in [0.25, 0.3) is 0 Å². The normalized spacial score (nSPS) is 11.5. The summed E-state index contributed by atoms with van der Waals surface area (Å²) in [7, 11) is 0. The first-order valence-corrected chi connectivity index (χ1v) is 6.37. The van der Waals surface area contributed by atoms with E-state index in [1.54, 1.807) is 19.1 Å². The van der Waals surface area contributed by atoms with Gasteiger partial charge in [-0.3, -0.25) is 4.98 Å². The molecule has 0 aliphatic heterocycles. The summed E-state index contributed by atoms with van der Waals surface area (Å²) in [5, 5.41) is 12.9. The standard InChI is InChI=1S/C15H14F2N2O2/c1-2-21-19-15(11-4-5-12(16)13(17)7-11)14-6-3-10(9-20)8-18-14/h3-8,20H,2,9H2,1H3. The summed E-state index contributed by atoms with van der Waals surface area (Å²) in [4.78, 5) is 9.16. The smallest absolute Gasteiger partial charge is 0.159 e. The molecule has 0 radical (unpaired) electrons. The van der Waals surface area contributed by atoms with Crippen molar-refractivity contribution in [2.75, 3.05) is 6.61 Å². The van der Waals surface area contributed by atoms with Gasteiger partial charge in [0.15, 0.2) is 11.6 Å². The summed E-state index contributed by atoms with van der Waals surface area (Å²) in [5.74, 6) is -1.90. The molecule has 0 bridgehead atoms. The van der Waals surface area contributed by atoms with Crippen LogP contribution in [0.5, 0.6) is 0 Å². The first kappa shape index (κ1) is 15.1. The third-order valence-electron chi connectivity index (χ3n) is 2.73. The quantitative estimate of drug-likeness (QED) is 0.681. The molecule has 21 heavy (non-hydrogen) atoms. The van der Waals surface area contributed by atoms with E-state index in [-0.39, 0.29) is 6.61 Å². The van der Waals surface area contributed by atoms with Crippen LogP contribution in [0.15, 0.2) is 41.7 Å². The SMILES string of the molecule is CCON=C(c1ccc(F)c(F)c1)c1ccc(CO)cn1. The highest BCUT2D eigenvalue weighted by atomic mass is 19.2. The lowest BCUT2D eigenvalue weighted by molar-refractivity contribution is 0.159. The Morgan fingerprint density at radius 1 is 1.24 bits per heavy atom. The van der Waals surface area contributed by atoms with E-state index < -0.39 is 11.6 Å². The van der Waals surface area contributed by atoms with Crippen molar-refractivity contribution >= 4 is 5.71 Å². The van der Waals surface area contributed by atoms with E-state index in [0.717, 1.165) is 12.1 Å². The summed E-state index contributed by atoms with van der Waals surface area (Å²) in [6.07, 6.45) is 1.48. The zero-order valence-electron chi connectivity index (χ0n) is 11.4. The van der Waals surface area contributed by atoms with Gasteiger partial charge in [0, 0.05) is 11.8 Å². The van der Waals surface area contributed by atoms with Gasteiger partial charge in [0.2, 0.25) is 0 Å². The summed E-state index contributed by atoms with van der Waals surface area (Å²) < 4.78 is 26.4. The second-order valence-corrected chi connectivity index (χ2v) is 4.20. The first-order valence-electron chi connectivity index (χ1n) is 6.37. The maximum atomic E-state index is 13.4. The third kappa shape index (κ3) is 3.61. The minimum absolute atomic E-state index is 0.129. The predicted molar refractivity (Wildman–Crippen MR) is 73.8 cm³/mol. The molecule has 1 N–H and O–H groups in total. The second-order valence-electron chi connectivity index (χ2n) is 4.20. The molecular weight excluding hydrogens is 278 g/mol. The average molecular weight is 292 g/mol. The minimum Gasteiger partial charge on any atom is -0.396 e. The zero-order chi connectivity index (χ0) is 15.2. The molecule has 1 aromatic heterocycles. The maximum absolute atomic E-state index is 13.4. The van der Waals surface area contributed by atoms with Crippen LogP contribution in [-0.4, -0.2) is 22.4 Å². The fourth-order valence-electron chi connectivity index (χ4n) is 1.68. The maximum Gasteiger partial charge on any atom is 0.159 e. The van der Waals surface area contributed by atoms with E-state index in [1.165, 1.54) is 12.3 Å². The monoisotopic (exact) mass is 292 g/mol. The molecule has 110 valence electrons. The minimum atomic E-state index is -0.969. The molecule has 0 atom stereocenters. The van der Waals surface area contributed by atoms with Crippen LogP contribution in [0, 0.1) is 11.6 Å². The summed E-state index contributed by atoms with van der Waals surface area (Å²) >= 11 is 0. The first-order chi connectivity index (χ1) is 10.2. The van der Waals surface area contributed by atoms with Crippen molar-refractivity contribution in [3.05, 3.63) is 65.0 Å². The van der Waals surface area contributed by atoms with E-state index in [2.05, 4.69) is 10.1 Å². The summed E-state index contributed by atoms with van der Waals surface area (Å²) in [5.41, 5.74) is 1.72. The molecular formula is C15H14F2N2O2. The number of oxime groups is 1. The lowest BCUT2D eigenvalue weighted by Gasteiger charge is -2.07. The van der Waals surface area contributed by atoms with E-state index in [9.17, 15) is 8.78 Å². The van der Waals surface area contributed by atoms with Gasteiger partial charge in [0.05, 0.1) is 12.3 Å².